The van der Waals surface area contributed by atoms with Gasteiger partial charge in [-0.3, -0.25) is 0 Å². The van der Waals surface area contributed by atoms with E-state index in [0.29, 0.717) is 5.82 Å². The van der Waals surface area contributed by atoms with E-state index in [-0.39, 0.29) is 5.41 Å². The molecule has 1 heterocycles. The van der Waals surface area contributed by atoms with Crippen LogP contribution in [0.25, 0.3) is 77.1 Å². The van der Waals surface area contributed by atoms with Crippen molar-refractivity contribution in [2.45, 2.75) is 26.2 Å². The Hall–Kier alpha value is -5.41. The quantitative estimate of drug-likeness (QED) is 0.199. The molecule has 0 amide bonds. The van der Waals surface area contributed by atoms with E-state index >= 15 is 0 Å². The van der Waals surface area contributed by atoms with Crippen molar-refractivity contribution < 1.29 is 0 Å². The van der Waals surface area contributed by atoms with Crippen LogP contribution in [0.4, 0.5) is 0 Å². The first-order valence-electron chi connectivity index (χ1n) is 15.1. The highest BCUT2D eigenvalue weighted by Crippen LogP contribution is 2.45. The van der Waals surface area contributed by atoms with Crippen LogP contribution in [0.5, 0.6) is 0 Å². The molecule has 3 nitrogen and oxygen atoms in total. The molecular formula is C41H31N3. The summed E-state index contributed by atoms with van der Waals surface area (Å²) in [6, 6.07) is 44.5. The first kappa shape index (κ1) is 26.2. The molecule has 1 aromatic heterocycles. The Morgan fingerprint density at radius 3 is 1.50 bits per heavy atom. The Morgan fingerprint density at radius 1 is 0.455 bits per heavy atom. The highest BCUT2D eigenvalue weighted by molar-refractivity contribution is 6.28. The SMILES string of the molecule is CC(C)(C)c1cc2ccc3c(-c4ccc(-c5ccccc5)cc4)cc(-c4ccc(-c5ncncn5)cc4)c4ccc(c1)c2c34. The normalized spacial score (nSPS) is 12.0. The second-order valence-electron chi connectivity index (χ2n) is 12.6. The van der Waals surface area contributed by atoms with Crippen LogP contribution in [0.1, 0.15) is 26.3 Å². The van der Waals surface area contributed by atoms with Gasteiger partial charge in [-0.05, 0) is 82.7 Å². The van der Waals surface area contributed by atoms with Crippen LogP contribution in [-0.2, 0) is 5.41 Å². The third-order valence-electron chi connectivity index (χ3n) is 8.83. The first-order valence-corrected chi connectivity index (χ1v) is 15.1. The van der Waals surface area contributed by atoms with E-state index in [1.165, 1.54) is 83.9 Å². The number of rotatable bonds is 4. The van der Waals surface area contributed by atoms with Crippen molar-refractivity contribution in [3.05, 3.63) is 140 Å². The Kier molecular flexibility index (Phi) is 6.02. The van der Waals surface area contributed by atoms with E-state index in [0.717, 1.165) is 5.56 Å². The van der Waals surface area contributed by atoms with Gasteiger partial charge in [-0.1, -0.05) is 136 Å². The molecule has 0 saturated carbocycles. The van der Waals surface area contributed by atoms with E-state index in [1.807, 2.05) is 0 Å². The van der Waals surface area contributed by atoms with Gasteiger partial charge in [-0.25, -0.2) is 15.0 Å². The lowest BCUT2D eigenvalue weighted by molar-refractivity contribution is 0.591. The van der Waals surface area contributed by atoms with Gasteiger partial charge in [-0.2, -0.15) is 0 Å². The van der Waals surface area contributed by atoms with Gasteiger partial charge in [0.05, 0.1) is 0 Å². The second-order valence-corrected chi connectivity index (χ2v) is 12.6. The highest BCUT2D eigenvalue weighted by atomic mass is 15.0. The van der Waals surface area contributed by atoms with Gasteiger partial charge >= 0.3 is 0 Å². The number of aromatic nitrogens is 3. The minimum atomic E-state index is 0.0710. The van der Waals surface area contributed by atoms with Crippen LogP contribution in [-0.4, -0.2) is 15.0 Å². The average molecular weight is 566 g/mol. The van der Waals surface area contributed by atoms with Gasteiger partial charge in [0.15, 0.2) is 5.82 Å². The lowest BCUT2D eigenvalue weighted by Crippen LogP contribution is -2.10. The Labute approximate surface area is 257 Å². The zero-order valence-corrected chi connectivity index (χ0v) is 25.0. The van der Waals surface area contributed by atoms with Crippen molar-refractivity contribution in [3.63, 3.8) is 0 Å². The fourth-order valence-electron chi connectivity index (χ4n) is 6.49. The third kappa shape index (κ3) is 4.40. The maximum atomic E-state index is 4.34. The van der Waals surface area contributed by atoms with E-state index in [2.05, 4.69) is 157 Å². The molecule has 0 N–H and O–H groups in total. The predicted octanol–water partition coefficient (Wildman–Crippen LogP) is 10.7. The minimum Gasteiger partial charge on any atom is -0.225 e. The second kappa shape index (κ2) is 10.1. The molecule has 0 atom stereocenters. The van der Waals surface area contributed by atoms with Crippen molar-refractivity contribution in [3.8, 4) is 44.8 Å². The topological polar surface area (TPSA) is 38.7 Å². The molecule has 0 aliphatic carbocycles. The van der Waals surface area contributed by atoms with E-state index in [1.54, 1.807) is 0 Å². The fourth-order valence-corrected chi connectivity index (χ4v) is 6.49. The van der Waals surface area contributed by atoms with Crippen molar-refractivity contribution in [1.29, 1.82) is 0 Å². The van der Waals surface area contributed by atoms with Crippen LogP contribution in [0.2, 0.25) is 0 Å². The molecule has 8 aromatic rings. The summed E-state index contributed by atoms with van der Waals surface area (Å²) in [7, 11) is 0. The molecule has 8 rings (SSSR count). The maximum absolute atomic E-state index is 4.34. The van der Waals surface area contributed by atoms with Gasteiger partial charge in [0.1, 0.15) is 12.7 Å². The molecule has 0 aliphatic rings. The molecule has 0 bridgehead atoms. The number of nitrogens with zero attached hydrogens (tertiary/aromatic N) is 3. The molecule has 0 fully saturated rings. The Balaban J connectivity index is 1.37. The van der Waals surface area contributed by atoms with E-state index in [9.17, 15) is 0 Å². The molecule has 0 unspecified atom stereocenters. The molecule has 44 heavy (non-hydrogen) atoms. The smallest absolute Gasteiger partial charge is 0.162 e. The van der Waals surface area contributed by atoms with Crippen molar-refractivity contribution in [2.24, 2.45) is 0 Å². The number of benzene rings is 7. The molecule has 210 valence electrons. The summed E-state index contributed by atoms with van der Waals surface area (Å²) in [4.78, 5) is 12.7. The van der Waals surface area contributed by atoms with E-state index in [4.69, 9.17) is 0 Å². The van der Waals surface area contributed by atoms with Crippen LogP contribution >= 0.6 is 0 Å². The summed E-state index contributed by atoms with van der Waals surface area (Å²) in [6.45, 7) is 6.86. The van der Waals surface area contributed by atoms with Crippen molar-refractivity contribution in [1.82, 2.24) is 15.0 Å². The standard InChI is InChI=1S/C41H31N3/c1-41(2,3)33-21-31-17-19-34-36(28-11-9-27(10-12-28)26-7-5-4-6-8-26)23-37(35-20-18-32(22-33)38(31)39(34)35)29-13-15-30(16-14-29)40-43-24-42-25-44-40/h4-25H,1-3H3. The summed E-state index contributed by atoms with van der Waals surface area (Å²) in [5.74, 6) is 0.677. The summed E-state index contributed by atoms with van der Waals surface area (Å²) < 4.78 is 0. The molecule has 0 saturated heterocycles. The summed E-state index contributed by atoms with van der Waals surface area (Å²) >= 11 is 0. The largest absolute Gasteiger partial charge is 0.225 e. The average Bonchev–Trinajstić information content (AvgIpc) is 3.07. The van der Waals surface area contributed by atoms with Crippen LogP contribution < -0.4 is 0 Å². The zero-order valence-electron chi connectivity index (χ0n) is 25.0. The molecule has 0 aliphatic heterocycles. The zero-order chi connectivity index (χ0) is 29.8. The van der Waals surface area contributed by atoms with Gasteiger partial charge in [0.2, 0.25) is 0 Å². The predicted molar refractivity (Wildman–Crippen MR) is 184 cm³/mol. The molecule has 0 radical (unpaired) electrons. The van der Waals surface area contributed by atoms with Gasteiger partial charge in [0.25, 0.3) is 0 Å². The van der Waals surface area contributed by atoms with Crippen LogP contribution in [0.3, 0.4) is 0 Å². The Bertz CT molecular complexity index is 2110. The monoisotopic (exact) mass is 565 g/mol. The molecule has 0 spiro atoms. The summed E-state index contributed by atoms with van der Waals surface area (Å²) in [6.07, 6.45) is 3.08. The first-order chi connectivity index (χ1) is 21.4. The Morgan fingerprint density at radius 2 is 0.955 bits per heavy atom. The lowest BCUT2D eigenvalue weighted by Gasteiger charge is -2.23. The van der Waals surface area contributed by atoms with E-state index < -0.39 is 0 Å². The number of hydrogen-bond acceptors (Lipinski definition) is 3. The molecule has 3 heteroatoms. The van der Waals surface area contributed by atoms with Gasteiger partial charge in [0, 0.05) is 5.56 Å². The molecule has 7 aromatic carbocycles. The van der Waals surface area contributed by atoms with Crippen molar-refractivity contribution >= 4 is 32.3 Å². The number of hydrogen-bond donors (Lipinski definition) is 0. The van der Waals surface area contributed by atoms with Crippen LogP contribution in [0, 0.1) is 0 Å². The highest BCUT2D eigenvalue weighted by Gasteiger charge is 2.20. The summed E-state index contributed by atoms with van der Waals surface area (Å²) in [5.41, 5.74) is 9.67. The van der Waals surface area contributed by atoms with Crippen molar-refractivity contribution in [2.75, 3.05) is 0 Å². The third-order valence-corrected chi connectivity index (χ3v) is 8.83. The molecular weight excluding hydrogens is 534 g/mol. The minimum absolute atomic E-state index is 0.0710. The maximum Gasteiger partial charge on any atom is 0.162 e. The van der Waals surface area contributed by atoms with Gasteiger partial charge < -0.3 is 0 Å². The summed E-state index contributed by atoms with van der Waals surface area (Å²) in [5, 5.41) is 7.77. The van der Waals surface area contributed by atoms with Gasteiger partial charge in [-0.15, -0.1) is 0 Å². The fraction of sp³-hybridized carbons (Fsp3) is 0.0976. The van der Waals surface area contributed by atoms with Crippen LogP contribution in [0.15, 0.2) is 134 Å². The lowest BCUT2D eigenvalue weighted by atomic mass is 9.81.